The summed E-state index contributed by atoms with van der Waals surface area (Å²) in [5.41, 5.74) is 2.55. The third kappa shape index (κ3) is 5.32. The standard InChI is InChI=1S/C23H28N2O5S2/c1-14-3-6-17(7-4-14)30-12-20(26)25-23-21(18-8-5-15(2)11-19(18)31-23)22(27)24-16-9-10-32(28,29)13-16/h3-4,6-7,15-16H,5,8-13H2,1-2H3,(H,24,27)(H,25,26). The van der Waals surface area contributed by atoms with Crippen molar-refractivity contribution in [1.29, 1.82) is 0 Å². The predicted octanol–water partition coefficient (Wildman–Crippen LogP) is 3.12. The molecule has 2 aliphatic rings. The molecule has 1 aromatic heterocycles. The van der Waals surface area contributed by atoms with Gasteiger partial charge in [0.15, 0.2) is 16.4 Å². The number of thiophene rings is 1. The average Bonchev–Trinajstić information content (AvgIpc) is 3.25. The summed E-state index contributed by atoms with van der Waals surface area (Å²) in [7, 11) is -3.10. The molecule has 1 aliphatic heterocycles. The van der Waals surface area contributed by atoms with Crippen LogP contribution in [0.4, 0.5) is 5.00 Å². The van der Waals surface area contributed by atoms with E-state index >= 15 is 0 Å². The summed E-state index contributed by atoms with van der Waals surface area (Å²) in [4.78, 5) is 26.9. The monoisotopic (exact) mass is 476 g/mol. The molecule has 2 N–H and O–H groups in total. The molecule has 32 heavy (non-hydrogen) atoms. The number of carbonyl (C=O) groups is 2. The Hall–Kier alpha value is -2.39. The molecular formula is C23H28N2O5S2. The summed E-state index contributed by atoms with van der Waals surface area (Å²) in [6.45, 7) is 3.99. The predicted molar refractivity (Wildman–Crippen MR) is 125 cm³/mol. The van der Waals surface area contributed by atoms with Gasteiger partial charge in [-0.15, -0.1) is 11.3 Å². The Bertz CT molecular complexity index is 1120. The Morgan fingerprint density at radius 2 is 1.94 bits per heavy atom. The molecule has 2 atom stereocenters. The second-order valence-corrected chi connectivity index (χ2v) is 12.1. The highest BCUT2D eigenvalue weighted by molar-refractivity contribution is 7.91. The number of fused-ring (bicyclic) bond motifs is 1. The van der Waals surface area contributed by atoms with Gasteiger partial charge in [0.25, 0.3) is 11.8 Å². The van der Waals surface area contributed by atoms with Gasteiger partial charge in [-0.3, -0.25) is 9.59 Å². The van der Waals surface area contributed by atoms with E-state index in [1.54, 1.807) is 0 Å². The van der Waals surface area contributed by atoms with Gasteiger partial charge in [0.2, 0.25) is 0 Å². The van der Waals surface area contributed by atoms with Gasteiger partial charge in [0, 0.05) is 10.9 Å². The number of sulfone groups is 1. The first-order chi connectivity index (χ1) is 15.2. The Balaban J connectivity index is 1.49. The number of carbonyl (C=O) groups excluding carboxylic acids is 2. The zero-order valence-electron chi connectivity index (χ0n) is 18.3. The molecule has 1 aliphatic carbocycles. The molecule has 172 valence electrons. The van der Waals surface area contributed by atoms with Crippen LogP contribution >= 0.6 is 11.3 Å². The fourth-order valence-electron chi connectivity index (χ4n) is 4.19. The SMILES string of the molecule is Cc1ccc(OCC(=O)Nc2sc3c(c2C(=O)NC2CCS(=O)(=O)C2)CCC(C)C3)cc1. The van der Waals surface area contributed by atoms with Crippen molar-refractivity contribution in [2.45, 2.75) is 45.6 Å². The second kappa shape index (κ2) is 9.23. The minimum absolute atomic E-state index is 0.0335. The highest BCUT2D eigenvalue weighted by atomic mass is 32.2. The van der Waals surface area contributed by atoms with Crippen LogP contribution in [0, 0.1) is 12.8 Å². The minimum atomic E-state index is -3.10. The molecule has 1 aromatic carbocycles. The number of anilines is 1. The molecule has 0 radical (unpaired) electrons. The zero-order valence-corrected chi connectivity index (χ0v) is 19.9. The number of aryl methyl sites for hydroxylation is 1. The maximum Gasteiger partial charge on any atom is 0.262 e. The van der Waals surface area contributed by atoms with E-state index in [1.165, 1.54) is 11.3 Å². The molecule has 1 fully saturated rings. The first-order valence-electron chi connectivity index (χ1n) is 10.9. The largest absolute Gasteiger partial charge is 0.484 e. The smallest absolute Gasteiger partial charge is 0.262 e. The summed E-state index contributed by atoms with van der Waals surface area (Å²) in [5.74, 6) is 0.533. The van der Waals surface area contributed by atoms with E-state index in [0.29, 0.717) is 28.7 Å². The van der Waals surface area contributed by atoms with Gasteiger partial charge in [0.1, 0.15) is 10.8 Å². The molecule has 0 bridgehead atoms. The molecule has 2 aromatic rings. The van der Waals surface area contributed by atoms with E-state index in [0.717, 1.165) is 35.3 Å². The van der Waals surface area contributed by atoms with Gasteiger partial charge in [-0.2, -0.15) is 0 Å². The Morgan fingerprint density at radius 3 is 2.62 bits per heavy atom. The fourth-order valence-corrected chi connectivity index (χ4v) is 7.29. The summed E-state index contributed by atoms with van der Waals surface area (Å²) in [5, 5.41) is 6.26. The van der Waals surface area contributed by atoms with E-state index in [-0.39, 0.29) is 36.0 Å². The fraction of sp³-hybridized carbons (Fsp3) is 0.478. The van der Waals surface area contributed by atoms with Gasteiger partial charge in [-0.05, 0) is 56.2 Å². The maximum absolute atomic E-state index is 13.2. The summed E-state index contributed by atoms with van der Waals surface area (Å²) >= 11 is 1.44. The van der Waals surface area contributed by atoms with Crippen LogP contribution in [0.2, 0.25) is 0 Å². The van der Waals surface area contributed by atoms with Crippen LogP contribution < -0.4 is 15.4 Å². The molecule has 1 saturated heterocycles. The van der Waals surface area contributed by atoms with Gasteiger partial charge in [-0.25, -0.2) is 8.42 Å². The van der Waals surface area contributed by atoms with Crippen LogP contribution in [0.25, 0.3) is 0 Å². The highest BCUT2D eigenvalue weighted by Gasteiger charge is 2.33. The second-order valence-electron chi connectivity index (χ2n) is 8.78. The van der Waals surface area contributed by atoms with E-state index in [1.807, 2.05) is 31.2 Å². The van der Waals surface area contributed by atoms with Crippen LogP contribution in [0.15, 0.2) is 24.3 Å². The van der Waals surface area contributed by atoms with Crippen LogP contribution in [-0.4, -0.2) is 44.4 Å². The van der Waals surface area contributed by atoms with E-state index in [2.05, 4.69) is 17.6 Å². The maximum atomic E-state index is 13.2. The lowest BCUT2D eigenvalue weighted by atomic mass is 9.88. The van der Waals surface area contributed by atoms with Crippen molar-refractivity contribution in [1.82, 2.24) is 5.32 Å². The normalized spacial score (nSPS) is 21.6. The molecule has 9 heteroatoms. The van der Waals surface area contributed by atoms with Crippen LogP contribution in [0.5, 0.6) is 5.75 Å². The summed E-state index contributed by atoms with van der Waals surface area (Å²) in [6.07, 6.45) is 3.04. The lowest BCUT2D eigenvalue weighted by Gasteiger charge is -2.19. The van der Waals surface area contributed by atoms with Crippen molar-refractivity contribution in [2.75, 3.05) is 23.4 Å². The van der Waals surface area contributed by atoms with Gasteiger partial charge >= 0.3 is 0 Å². The van der Waals surface area contributed by atoms with E-state index in [9.17, 15) is 18.0 Å². The Kier molecular flexibility index (Phi) is 6.57. The lowest BCUT2D eigenvalue weighted by molar-refractivity contribution is -0.118. The molecular weight excluding hydrogens is 448 g/mol. The number of amides is 2. The molecule has 0 spiro atoms. The van der Waals surface area contributed by atoms with Gasteiger partial charge < -0.3 is 15.4 Å². The van der Waals surface area contributed by atoms with Crippen molar-refractivity contribution in [2.24, 2.45) is 5.92 Å². The number of benzene rings is 1. The molecule has 2 heterocycles. The van der Waals surface area contributed by atoms with Crippen molar-refractivity contribution in [3.05, 3.63) is 45.8 Å². The van der Waals surface area contributed by atoms with Gasteiger partial charge in [-0.1, -0.05) is 24.6 Å². The van der Waals surface area contributed by atoms with E-state index < -0.39 is 9.84 Å². The first kappa shape index (κ1) is 22.8. The lowest BCUT2D eigenvalue weighted by Crippen LogP contribution is -2.36. The molecule has 4 rings (SSSR count). The number of nitrogens with one attached hydrogen (secondary N) is 2. The Morgan fingerprint density at radius 1 is 1.19 bits per heavy atom. The number of hydrogen-bond donors (Lipinski definition) is 2. The summed E-state index contributed by atoms with van der Waals surface area (Å²) in [6, 6.07) is 7.05. The molecule has 0 saturated carbocycles. The van der Waals surface area contributed by atoms with Crippen molar-refractivity contribution in [3.8, 4) is 5.75 Å². The average molecular weight is 477 g/mol. The Labute approximate surface area is 192 Å². The molecule has 2 amide bonds. The van der Waals surface area contributed by atoms with Crippen LogP contribution in [-0.2, 0) is 27.5 Å². The number of hydrogen-bond acceptors (Lipinski definition) is 6. The number of ether oxygens (including phenoxy) is 1. The topological polar surface area (TPSA) is 102 Å². The first-order valence-corrected chi connectivity index (χ1v) is 13.5. The van der Waals surface area contributed by atoms with Crippen molar-refractivity contribution >= 4 is 38.0 Å². The third-order valence-corrected chi connectivity index (χ3v) is 8.89. The van der Waals surface area contributed by atoms with Gasteiger partial charge in [0.05, 0.1) is 17.1 Å². The van der Waals surface area contributed by atoms with Crippen molar-refractivity contribution < 1.29 is 22.7 Å². The van der Waals surface area contributed by atoms with Crippen LogP contribution in [0.3, 0.4) is 0 Å². The summed E-state index contributed by atoms with van der Waals surface area (Å²) < 4.78 is 29.1. The molecule has 2 unspecified atom stereocenters. The highest BCUT2D eigenvalue weighted by Crippen LogP contribution is 2.39. The zero-order chi connectivity index (χ0) is 22.9. The third-order valence-electron chi connectivity index (χ3n) is 5.95. The quantitative estimate of drug-likeness (QED) is 0.667. The van der Waals surface area contributed by atoms with Crippen LogP contribution in [0.1, 0.15) is 46.1 Å². The van der Waals surface area contributed by atoms with E-state index in [4.69, 9.17) is 4.74 Å². The number of rotatable bonds is 6. The molecule has 7 nitrogen and oxygen atoms in total. The van der Waals surface area contributed by atoms with Crippen molar-refractivity contribution in [3.63, 3.8) is 0 Å². The minimum Gasteiger partial charge on any atom is -0.484 e.